The molecular formula is C21H23ClNO6-. The highest BCUT2D eigenvalue weighted by atomic mass is 35.5. The molecule has 1 aromatic heterocycles. The Morgan fingerprint density at radius 3 is 2.62 bits per heavy atom. The molecule has 0 radical (unpaired) electrons. The summed E-state index contributed by atoms with van der Waals surface area (Å²) < 4.78 is 10.9. The van der Waals surface area contributed by atoms with Crippen molar-refractivity contribution < 1.29 is 23.8 Å². The molecule has 0 spiro atoms. The van der Waals surface area contributed by atoms with Crippen molar-refractivity contribution in [3.8, 4) is 5.75 Å². The smallest absolute Gasteiger partial charge is 0.336 e. The van der Waals surface area contributed by atoms with Crippen molar-refractivity contribution in [1.82, 2.24) is 5.32 Å². The van der Waals surface area contributed by atoms with E-state index in [9.17, 15) is 19.5 Å². The predicted octanol–water partition coefficient (Wildman–Crippen LogP) is 2.19. The van der Waals surface area contributed by atoms with E-state index < -0.39 is 17.7 Å². The lowest BCUT2D eigenvalue weighted by atomic mass is 9.82. The molecule has 2 aromatic rings. The fourth-order valence-corrected chi connectivity index (χ4v) is 3.85. The third-order valence-corrected chi connectivity index (χ3v) is 5.72. The van der Waals surface area contributed by atoms with Gasteiger partial charge in [-0.3, -0.25) is 4.79 Å². The van der Waals surface area contributed by atoms with E-state index in [-0.39, 0.29) is 23.5 Å². The lowest BCUT2D eigenvalue weighted by molar-refractivity contribution is -0.312. The summed E-state index contributed by atoms with van der Waals surface area (Å²) in [4.78, 5) is 34.9. The highest BCUT2D eigenvalue weighted by molar-refractivity contribution is 6.32. The summed E-state index contributed by atoms with van der Waals surface area (Å²) in [6.07, 6.45) is 1.82. The first-order chi connectivity index (χ1) is 13.7. The minimum absolute atomic E-state index is 0.239. The van der Waals surface area contributed by atoms with Crippen LogP contribution in [0.25, 0.3) is 11.0 Å². The first-order valence-electron chi connectivity index (χ1n) is 9.64. The zero-order valence-corrected chi connectivity index (χ0v) is 17.1. The lowest BCUT2D eigenvalue weighted by Gasteiger charge is -2.29. The van der Waals surface area contributed by atoms with Crippen molar-refractivity contribution in [2.45, 2.75) is 45.6 Å². The number of carbonyl (C=O) groups excluding carboxylic acids is 2. The molecule has 7 nitrogen and oxygen atoms in total. The number of aryl methyl sites for hydroxylation is 1. The van der Waals surface area contributed by atoms with Gasteiger partial charge in [-0.25, -0.2) is 4.79 Å². The first-order valence-corrected chi connectivity index (χ1v) is 10.0. The molecule has 1 amide bonds. The Morgan fingerprint density at radius 1 is 1.28 bits per heavy atom. The number of carboxylic acid groups (broad SMARTS) is 1. The van der Waals surface area contributed by atoms with Crippen LogP contribution in [-0.4, -0.2) is 24.5 Å². The summed E-state index contributed by atoms with van der Waals surface area (Å²) in [5, 5.41) is 14.8. The van der Waals surface area contributed by atoms with Crippen LogP contribution in [-0.2, 0) is 9.59 Å². The molecule has 1 saturated carbocycles. The van der Waals surface area contributed by atoms with Crippen molar-refractivity contribution >= 4 is 34.4 Å². The molecule has 1 N–H and O–H groups in total. The standard InChI is InChI=1S/C21H24ClNO6/c1-11-7-19(24)29-17-9-18(16(22)8-15(11)17)28-12(2)20(25)23-10-13-3-5-14(6-4-13)21(26)27/h7-9,12-14H,3-6,10H2,1-2H3,(H,23,25)(H,26,27)/p-1/t12-,13?,14?/m1/s1. The number of carbonyl (C=O) groups is 2. The summed E-state index contributed by atoms with van der Waals surface area (Å²) in [7, 11) is 0. The number of halogens is 1. The fraction of sp³-hybridized carbons (Fsp3) is 0.476. The molecule has 0 bridgehead atoms. The molecule has 1 aliphatic carbocycles. The summed E-state index contributed by atoms with van der Waals surface area (Å²) >= 11 is 6.27. The van der Waals surface area contributed by atoms with E-state index in [1.54, 1.807) is 19.9 Å². The van der Waals surface area contributed by atoms with Crippen molar-refractivity contribution in [1.29, 1.82) is 0 Å². The Balaban J connectivity index is 1.59. The molecule has 29 heavy (non-hydrogen) atoms. The van der Waals surface area contributed by atoms with Gasteiger partial charge >= 0.3 is 5.63 Å². The zero-order valence-electron chi connectivity index (χ0n) is 16.3. The number of ether oxygens (including phenoxy) is 1. The van der Waals surface area contributed by atoms with E-state index >= 15 is 0 Å². The first kappa shape index (κ1) is 21.2. The van der Waals surface area contributed by atoms with Crippen LogP contribution in [0.1, 0.15) is 38.2 Å². The van der Waals surface area contributed by atoms with Gasteiger partial charge in [0.25, 0.3) is 5.91 Å². The summed E-state index contributed by atoms with van der Waals surface area (Å²) in [6, 6.07) is 4.54. The van der Waals surface area contributed by atoms with E-state index in [0.717, 1.165) is 18.4 Å². The van der Waals surface area contributed by atoms with Gasteiger partial charge in [0, 0.05) is 30.0 Å². The normalized spacial score (nSPS) is 20.2. The Bertz CT molecular complexity index is 977. The van der Waals surface area contributed by atoms with Gasteiger partial charge in [-0.15, -0.1) is 0 Å². The average Bonchev–Trinajstić information content (AvgIpc) is 2.67. The largest absolute Gasteiger partial charge is 0.550 e. The molecule has 156 valence electrons. The lowest BCUT2D eigenvalue weighted by Crippen LogP contribution is -2.40. The van der Waals surface area contributed by atoms with Gasteiger partial charge in [-0.1, -0.05) is 11.6 Å². The Morgan fingerprint density at radius 2 is 1.97 bits per heavy atom. The van der Waals surface area contributed by atoms with E-state index in [1.807, 2.05) is 0 Å². The van der Waals surface area contributed by atoms with Gasteiger partial charge in [0.1, 0.15) is 11.3 Å². The molecule has 3 rings (SSSR count). The van der Waals surface area contributed by atoms with Crippen molar-refractivity contribution in [2.75, 3.05) is 6.54 Å². The van der Waals surface area contributed by atoms with E-state index in [2.05, 4.69) is 5.32 Å². The molecule has 1 aliphatic rings. The third kappa shape index (κ3) is 5.09. The molecule has 1 atom stereocenters. The second-order valence-electron chi connectivity index (χ2n) is 7.57. The van der Waals surface area contributed by atoms with Crippen molar-refractivity contribution in [2.24, 2.45) is 11.8 Å². The topological polar surface area (TPSA) is 109 Å². The maximum absolute atomic E-state index is 12.4. The van der Waals surface area contributed by atoms with Gasteiger partial charge in [0.2, 0.25) is 0 Å². The molecule has 1 heterocycles. The van der Waals surface area contributed by atoms with Crippen molar-refractivity contribution in [3.63, 3.8) is 0 Å². The second kappa shape index (κ2) is 8.86. The molecule has 0 aliphatic heterocycles. The summed E-state index contributed by atoms with van der Waals surface area (Å²) in [6.45, 7) is 3.85. The highest BCUT2D eigenvalue weighted by Gasteiger charge is 2.24. The highest BCUT2D eigenvalue weighted by Crippen LogP contribution is 2.32. The van der Waals surface area contributed by atoms with E-state index in [0.29, 0.717) is 35.4 Å². The van der Waals surface area contributed by atoms with Gasteiger partial charge in [-0.2, -0.15) is 0 Å². The van der Waals surface area contributed by atoms with Crippen LogP contribution in [0.3, 0.4) is 0 Å². The molecule has 8 heteroatoms. The monoisotopic (exact) mass is 420 g/mol. The average molecular weight is 421 g/mol. The Kier molecular flexibility index (Phi) is 6.47. The van der Waals surface area contributed by atoms with Crippen LogP contribution in [0, 0.1) is 18.8 Å². The Labute approximate surface area is 173 Å². The minimum atomic E-state index is -0.993. The van der Waals surface area contributed by atoms with E-state index in [4.69, 9.17) is 20.8 Å². The van der Waals surface area contributed by atoms with Crippen LogP contribution < -0.4 is 20.8 Å². The zero-order chi connectivity index (χ0) is 21.1. The van der Waals surface area contributed by atoms with Crippen molar-refractivity contribution in [3.05, 3.63) is 39.2 Å². The maximum Gasteiger partial charge on any atom is 0.336 e. The third-order valence-electron chi connectivity index (χ3n) is 5.42. The fourth-order valence-electron chi connectivity index (χ4n) is 3.64. The number of rotatable bonds is 6. The molecule has 1 fully saturated rings. The van der Waals surface area contributed by atoms with E-state index in [1.165, 1.54) is 12.1 Å². The number of fused-ring (bicyclic) bond motifs is 1. The number of hydrogen-bond donors (Lipinski definition) is 1. The Hall–Kier alpha value is -2.54. The molecule has 1 aromatic carbocycles. The van der Waals surface area contributed by atoms with Crippen LogP contribution in [0.15, 0.2) is 27.4 Å². The van der Waals surface area contributed by atoms with Crippen LogP contribution >= 0.6 is 11.6 Å². The quantitative estimate of drug-likeness (QED) is 0.717. The number of hydrogen-bond acceptors (Lipinski definition) is 6. The SMILES string of the molecule is Cc1cc(=O)oc2cc(O[C@H](C)C(=O)NCC3CCC(C(=O)[O-])CC3)c(Cl)cc12. The van der Waals surface area contributed by atoms with Crippen LogP contribution in [0.2, 0.25) is 5.02 Å². The number of amides is 1. The molecular weight excluding hydrogens is 398 g/mol. The maximum atomic E-state index is 12.4. The van der Waals surface area contributed by atoms with Crippen LogP contribution in [0.5, 0.6) is 5.75 Å². The summed E-state index contributed by atoms with van der Waals surface area (Å²) in [5.74, 6) is -1.18. The van der Waals surface area contributed by atoms with Gasteiger partial charge in [-0.05, 0) is 63.0 Å². The second-order valence-corrected chi connectivity index (χ2v) is 7.98. The number of nitrogens with one attached hydrogen (secondary N) is 1. The number of carboxylic acids is 1. The summed E-state index contributed by atoms with van der Waals surface area (Å²) in [5.41, 5.74) is 0.609. The van der Waals surface area contributed by atoms with Gasteiger partial charge in [0.05, 0.1) is 5.02 Å². The number of benzene rings is 1. The van der Waals surface area contributed by atoms with Gasteiger partial charge in [0.15, 0.2) is 6.10 Å². The predicted molar refractivity (Wildman–Crippen MR) is 106 cm³/mol. The molecule has 0 saturated heterocycles. The minimum Gasteiger partial charge on any atom is -0.550 e. The number of aliphatic carboxylic acids is 1. The van der Waals surface area contributed by atoms with Crippen LogP contribution in [0.4, 0.5) is 0 Å². The van der Waals surface area contributed by atoms with Gasteiger partial charge < -0.3 is 24.4 Å². The molecule has 0 unspecified atom stereocenters.